The minimum Gasteiger partial charge on any atom is -0.331 e. The molecule has 2 amide bonds. The predicted octanol–water partition coefficient (Wildman–Crippen LogP) is 6.98. The number of urea groups is 1. The second-order valence-corrected chi connectivity index (χ2v) is 9.47. The number of anilines is 3. The minimum atomic E-state index is -4.45. The van der Waals surface area contributed by atoms with Crippen LogP contribution in [0.4, 0.5) is 35.3 Å². The van der Waals surface area contributed by atoms with E-state index in [0.717, 1.165) is 45.4 Å². The summed E-state index contributed by atoms with van der Waals surface area (Å²) in [7, 11) is 1.83. The molecule has 0 radical (unpaired) electrons. The molecule has 1 unspecified atom stereocenters. The quantitative estimate of drug-likeness (QED) is 0.214. The molecule has 11 heteroatoms. The average Bonchev–Trinajstić information content (AvgIpc) is 3.33. The highest BCUT2D eigenvalue weighted by Gasteiger charge is 2.30. The summed E-state index contributed by atoms with van der Waals surface area (Å²) < 4.78 is 40.9. The van der Waals surface area contributed by atoms with E-state index >= 15 is 0 Å². The van der Waals surface area contributed by atoms with Crippen molar-refractivity contribution in [2.24, 2.45) is 7.05 Å². The summed E-state index contributed by atoms with van der Waals surface area (Å²) in [5.74, 6) is 0.459. The maximum atomic E-state index is 13.1. The predicted molar refractivity (Wildman–Crippen MR) is 148 cm³/mol. The number of benzene rings is 3. The standard InChI is InChI=1S/C29H26F3N7O/c1-17-7-9-23(37-28(40)35-18(2)19-5-4-6-22(12-19)29(30,31)32)13-25(17)20-8-10-26-21(11-20)14-33-27(38-26)36-24-15-34-39(3)16-24/h4-16,18H,1-3H3,(H,33,36,38)(H2,35,37,40). The van der Waals surface area contributed by atoms with Crippen molar-refractivity contribution in [2.45, 2.75) is 26.1 Å². The van der Waals surface area contributed by atoms with Gasteiger partial charge in [0.1, 0.15) is 0 Å². The van der Waals surface area contributed by atoms with Crippen LogP contribution in [0, 0.1) is 6.92 Å². The molecule has 5 rings (SSSR count). The average molecular weight is 546 g/mol. The van der Waals surface area contributed by atoms with Crippen LogP contribution in [0.5, 0.6) is 0 Å². The maximum Gasteiger partial charge on any atom is 0.416 e. The van der Waals surface area contributed by atoms with Crippen LogP contribution in [0.25, 0.3) is 22.0 Å². The summed E-state index contributed by atoms with van der Waals surface area (Å²) in [6.07, 6.45) is 0.800. The molecular weight excluding hydrogens is 519 g/mol. The van der Waals surface area contributed by atoms with Crippen LogP contribution in [0.15, 0.2) is 79.3 Å². The maximum absolute atomic E-state index is 13.1. The molecule has 3 N–H and O–H groups in total. The van der Waals surface area contributed by atoms with E-state index in [0.29, 0.717) is 17.2 Å². The molecule has 0 saturated heterocycles. The van der Waals surface area contributed by atoms with Crippen molar-refractivity contribution in [2.75, 3.05) is 10.6 Å². The number of amides is 2. The van der Waals surface area contributed by atoms with Gasteiger partial charge in [-0.25, -0.2) is 14.8 Å². The second kappa shape index (κ2) is 10.7. The molecule has 3 aromatic carbocycles. The van der Waals surface area contributed by atoms with Crippen LogP contribution in [0.2, 0.25) is 0 Å². The van der Waals surface area contributed by atoms with Crippen molar-refractivity contribution in [1.29, 1.82) is 0 Å². The smallest absolute Gasteiger partial charge is 0.331 e. The Morgan fingerprint density at radius 1 is 1.00 bits per heavy atom. The molecule has 0 fully saturated rings. The van der Waals surface area contributed by atoms with Gasteiger partial charge in [-0.2, -0.15) is 18.3 Å². The fourth-order valence-electron chi connectivity index (χ4n) is 4.32. The number of carbonyl (C=O) groups is 1. The molecule has 2 heterocycles. The third-order valence-electron chi connectivity index (χ3n) is 6.41. The topological polar surface area (TPSA) is 96.8 Å². The van der Waals surface area contributed by atoms with Crippen LogP contribution in [0.3, 0.4) is 0 Å². The van der Waals surface area contributed by atoms with E-state index < -0.39 is 23.8 Å². The van der Waals surface area contributed by atoms with Crippen molar-refractivity contribution in [3.8, 4) is 11.1 Å². The van der Waals surface area contributed by atoms with Gasteiger partial charge >= 0.3 is 12.2 Å². The summed E-state index contributed by atoms with van der Waals surface area (Å²) >= 11 is 0. The van der Waals surface area contributed by atoms with Crippen molar-refractivity contribution in [3.05, 3.63) is 95.9 Å². The van der Waals surface area contributed by atoms with Crippen LogP contribution >= 0.6 is 0 Å². The SMILES string of the molecule is Cc1ccc(NC(=O)NC(C)c2cccc(C(F)(F)F)c2)cc1-c1ccc2nc(Nc3cnn(C)c3)ncc2c1. The molecule has 0 saturated carbocycles. The first-order valence-electron chi connectivity index (χ1n) is 12.4. The molecule has 1 atom stereocenters. The minimum absolute atomic E-state index is 0.353. The van der Waals surface area contributed by atoms with Crippen molar-refractivity contribution >= 4 is 34.3 Å². The van der Waals surface area contributed by atoms with E-state index in [1.54, 1.807) is 36.1 Å². The lowest BCUT2D eigenvalue weighted by Gasteiger charge is -2.17. The highest BCUT2D eigenvalue weighted by Crippen LogP contribution is 2.31. The number of nitrogens with one attached hydrogen (secondary N) is 3. The molecule has 0 aliphatic carbocycles. The van der Waals surface area contributed by atoms with Gasteiger partial charge in [0.2, 0.25) is 5.95 Å². The van der Waals surface area contributed by atoms with E-state index in [1.807, 2.05) is 50.5 Å². The summed E-state index contributed by atoms with van der Waals surface area (Å²) in [6, 6.07) is 15.1. The largest absolute Gasteiger partial charge is 0.416 e. The van der Waals surface area contributed by atoms with Gasteiger partial charge in [0.05, 0.1) is 29.0 Å². The summed E-state index contributed by atoms with van der Waals surface area (Å²) in [4.78, 5) is 21.7. The third kappa shape index (κ3) is 6.04. The highest BCUT2D eigenvalue weighted by molar-refractivity contribution is 5.91. The third-order valence-corrected chi connectivity index (χ3v) is 6.41. The number of hydrogen-bond donors (Lipinski definition) is 3. The molecule has 204 valence electrons. The first kappa shape index (κ1) is 26.7. The number of hydrogen-bond acceptors (Lipinski definition) is 5. The highest BCUT2D eigenvalue weighted by atomic mass is 19.4. The van der Waals surface area contributed by atoms with Crippen LogP contribution in [0.1, 0.15) is 29.7 Å². The lowest BCUT2D eigenvalue weighted by Crippen LogP contribution is -2.31. The Kier molecular flexibility index (Phi) is 7.12. The number of carbonyl (C=O) groups excluding carboxylic acids is 1. The Morgan fingerprint density at radius 3 is 2.58 bits per heavy atom. The van der Waals surface area contributed by atoms with Gasteiger partial charge in [0.25, 0.3) is 0 Å². The zero-order chi connectivity index (χ0) is 28.4. The number of nitrogens with zero attached hydrogens (tertiary/aromatic N) is 4. The molecule has 0 bridgehead atoms. The molecule has 0 aliphatic rings. The van der Waals surface area contributed by atoms with E-state index in [-0.39, 0.29) is 0 Å². The number of aromatic nitrogens is 4. The Balaban J connectivity index is 1.30. The normalized spacial score (nSPS) is 12.2. The van der Waals surface area contributed by atoms with Gasteiger partial charge in [-0.1, -0.05) is 24.3 Å². The lowest BCUT2D eigenvalue weighted by atomic mass is 9.98. The first-order chi connectivity index (χ1) is 19.0. The molecular formula is C29H26F3N7O. The first-order valence-corrected chi connectivity index (χ1v) is 12.4. The second-order valence-electron chi connectivity index (χ2n) is 9.47. The van der Waals surface area contributed by atoms with Crippen molar-refractivity contribution in [1.82, 2.24) is 25.1 Å². The number of alkyl halides is 3. The molecule has 2 aromatic heterocycles. The fourth-order valence-corrected chi connectivity index (χ4v) is 4.32. The Bertz CT molecular complexity index is 1700. The fraction of sp³-hybridized carbons (Fsp3) is 0.172. The van der Waals surface area contributed by atoms with E-state index in [4.69, 9.17) is 0 Å². The number of aryl methyl sites for hydroxylation is 2. The molecule has 5 aromatic rings. The Hall–Kier alpha value is -4.93. The van der Waals surface area contributed by atoms with Crippen LogP contribution < -0.4 is 16.0 Å². The Labute approximate surface area is 228 Å². The van der Waals surface area contributed by atoms with Crippen molar-refractivity contribution < 1.29 is 18.0 Å². The molecule has 0 aliphatic heterocycles. The summed E-state index contributed by atoms with van der Waals surface area (Å²) in [5.41, 5.74) is 4.51. The van der Waals surface area contributed by atoms with Gasteiger partial charge in [-0.15, -0.1) is 0 Å². The number of rotatable bonds is 6. The van der Waals surface area contributed by atoms with Gasteiger partial charge in [0.15, 0.2) is 0 Å². The van der Waals surface area contributed by atoms with Crippen molar-refractivity contribution in [3.63, 3.8) is 0 Å². The summed E-state index contributed by atoms with van der Waals surface area (Å²) in [5, 5.41) is 13.6. The van der Waals surface area contributed by atoms with Gasteiger partial charge < -0.3 is 16.0 Å². The van der Waals surface area contributed by atoms with Gasteiger partial charge in [-0.3, -0.25) is 4.68 Å². The molecule has 40 heavy (non-hydrogen) atoms. The zero-order valence-corrected chi connectivity index (χ0v) is 21.9. The summed E-state index contributed by atoms with van der Waals surface area (Å²) in [6.45, 7) is 3.60. The Morgan fingerprint density at radius 2 is 1.82 bits per heavy atom. The number of halogens is 3. The lowest BCUT2D eigenvalue weighted by molar-refractivity contribution is -0.137. The van der Waals surface area contributed by atoms with E-state index in [9.17, 15) is 18.0 Å². The van der Waals surface area contributed by atoms with Gasteiger partial charge in [0, 0.05) is 30.5 Å². The molecule has 8 nitrogen and oxygen atoms in total. The monoisotopic (exact) mass is 545 g/mol. The van der Waals surface area contributed by atoms with Gasteiger partial charge in [-0.05, 0) is 72.5 Å². The zero-order valence-electron chi connectivity index (χ0n) is 21.9. The molecule has 0 spiro atoms. The van der Waals surface area contributed by atoms with Crippen LogP contribution in [-0.4, -0.2) is 25.8 Å². The number of fused-ring (bicyclic) bond motifs is 1. The van der Waals surface area contributed by atoms with E-state index in [1.165, 1.54) is 6.07 Å². The van der Waals surface area contributed by atoms with E-state index in [2.05, 4.69) is 31.0 Å². The van der Waals surface area contributed by atoms with Crippen LogP contribution in [-0.2, 0) is 13.2 Å².